The van der Waals surface area contributed by atoms with E-state index in [1.54, 1.807) is 6.07 Å². The number of thioether (sulfide) groups is 1. The van der Waals surface area contributed by atoms with E-state index in [1.807, 2.05) is 0 Å². The van der Waals surface area contributed by atoms with Gasteiger partial charge >= 0.3 is 5.97 Å². The van der Waals surface area contributed by atoms with Gasteiger partial charge in [0.25, 0.3) is 0 Å². The number of rotatable bonds is 6. The number of furan rings is 1. The van der Waals surface area contributed by atoms with Crippen molar-refractivity contribution in [1.29, 1.82) is 0 Å². The largest absolute Gasteiger partial charge is 0.475 e. The van der Waals surface area contributed by atoms with E-state index in [0.717, 1.165) is 0 Å². The van der Waals surface area contributed by atoms with Gasteiger partial charge in [-0.1, -0.05) is 11.8 Å². The molecule has 0 fully saturated rings. The van der Waals surface area contributed by atoms with E-state index in [-0.39, 0.29) is 12.4 Å². The Labute approximate surface area is 112 Å². The third-order valence-corrected chi connectivity index (χ3v) is 3.19. The van der Waals surface area contributed by atoms with E-state index in [1.165, 1.54) is 29.6 Å². The number of carboxylic acids is 1. The Morgan fingerprint density at radius 3 is 3.00 bits per heavy atom. The van der Waals surface area contributed by atoms with Crippen molar-refractivity contribution in [1.82, 2.24) is 14.9 Å². The zero-order valence-electron chi connectivity index (χ0n) is 10.1. The Kier molecular flexibility index (Phi) is 4.07. The molecule has 9 heteroatoms. The quantitative estimate of drug-likeness (QED) is 0.588. The van der Waals surface area contributed by atoms with E-state index in [9.17, 15) is 4.79 Å². The summed E-state index contributed by atoms with van der Waals surface area (Å²) in [6, 6.07) is 3.01. The minimum Gasteiger partial charge on any atom is -0.475 e. The first kappa shape index (κ1) is 13.4. The number of aromatic carboxylic acids is 1. The number of nitrogens with zero attached hydrogens (tertiary/aromatic N) is 3. The van der Waals surface area contributed by atoms with Crippen LogP contribution in [0.2, 0.25) is 0 Å². The number of carbonyl (C=O) groups is 1. The number of hydrogen-bond donors (Lipinski definition) is 2. The van der Waals surface area contributed by atoms with Gasteiger partial charge in [-0.3, -0.25) is 0 Å². The predicted molar refractivity (Wildman–Crippen MR) is 66.1 cm³/mol. The number of nitrogen functional groups attached to an aromatic ring is 1. The predicted octanol–water partition coefficient (Wildman–Crippen LogP) is 0.722. The van der Waals surface area contributed by atoms with Gasteiger partial charge in [-0.25, -0.2) is 9.47 Å². The molecule has 0 unspecified atom stereocenters. The summed E-state index contributed by atoms with van der Waals surface area (Å²) < 4.78 is 11.4. The second-order valence-electron chi connectivity index (χ2n) is 3.56. The summed E-state index contributed by atoms with van der Waals surface area (Å²) in [4.78, 5) is 10.7. The molecule has 0 saturated carbocycles. The summed E-state index contributed by atoms with van der Waals surface area (Å²) in [5.74, 6) is 6.03. The third kappa shape index (κ3) is 3.06. The SMILES string of the molecule is COCc1nnc(SCc2ccc(C(=O)O)o2)n1N. The molecule has 19 heavy (non-hydrogen) atoms. The van der Waals surface area contributed by atoms with Crippen molar-refractivity contribution >= 4 is 17.7 Å². The fourth-order valence-corrected chi connectivity index (χ4v) is 2.11. The van der Waals surface area contributed by atoms with Crippen LogP contribution in [0, 0.1) is 0 Å². The van der Waals surface area contributed by atoms with Crippen LogP contribution in [-0.4, -0.2) is 33.1 Å². The second-order valence-corrected chi connectivity index (χ2v) is 4.50. The lowest BCUT2D eigenvalue weighted by Gasteiger charge is -2.01. The molecule has 0 saturated heterocycles. The maximum atomic E-state index is 10.7. The first-order chi connectivity index (χ1) is 9.11. The van der Waals surface area contributed by atoms with Crippen LogP contribution in [0.25, 0.3) is 0 Å². The minimum absolute atomic E-state index is 0.0927. The molecule has 0 aliphatic rings. The van der Waals surface area contributed by atoms with Gasteiger partial charge in [0.05, 0.1) is 5.75 Å². The van der Waals surface area contributed by atoms with Gasteiger partial charge in [0.1, 0.15) is 12.4 Å². The summed E-state index contributed by atoms with van der Waals surface area (Å²) in [6.45, 7) is 0.272. The molecule has 8 nitrogen and oxygen atoms in total. The molecular weight excluding hydrogens is 272 g/mol. The molecule has 102 valence electrons. The van der Waals surface area contributed by atoms with Crippen LogP contribution in [0.3, 0.4) is 0 Å². The van der Waals surface area contributed by atoms with E-state index in [4.69, 9.17) is 20.1 Å². The maximum Gasteiger partial charge on any atom is 0.371 e. The normalized spacial score (nSPS) is 10.8. The van der Waals surface area contributed by atoms with Crippen LogP contribution < -0.4 is 5.84 Å². The summed E-state index contributed by atoms with van der Waals surface area (Å²) in [5, 5.41) is 17.0. The van der Waals surface area contributed by atoms with Crippen LogP contribution in [-0.2, 0) is 17.1 Å². The Balaban J connectivity index is 1.99. The summed E-state index contributed by atoms with van der Waals surface area (Å²) in [6.07, 6.45) is 0. The lowest BCUT2D eigenvalue weighted by atomic mass is 10.4. The highest BCUT2D eigenvalue weighted by Crippen LogP contribution is 2.21. The Morgan fingerprint density at radius 1 is 1.58 bits per heavy atom. The first-order valence-electron chi connectivity index (χ1n) is 5.25. The highest BCUT2D eigenvalue weighted by molar-refractivity contribution is 7.98. The summed E-state index contributed by atoms with van der Waals surface area (Å²) >= 11 is 1.29. The number of hydrogen-bond acceptors (Lipinski definition) is 7. The number of methoxy groups -OCH3 is 1. The van der Waals surface area contributed by atoms with E-state index in [0.29, 0.717) is 22.5 Å². The number of aromatic nitrogens is 3. The van der Waals surface area contributed by atoms with Crippen LogP contribution >= 0.6 is 11.8 Å². The monoisotopic (exact) mass is 284 g/mol. The molecule has 0 radical (unpaired) electrons. The number of carboxylic acid groups (broad SMARTS) is 1. The fourth-order valence-electron chi connectivity index (χ4n) is 1.34. The Bertz CT molecular complexity index is 580. The van der Waals surface area contributed by atoms with Crippen LogP contribution in [0.15, 0.2) is 21.7 Å². The molecule has 2 rings (SSSR count). The van der Waals surface area contributed by atoms with Gasteiger partial charge < -0.3 is 20.1 Å². The smallest absolute Gasteiger partial charge is 0.371 e. The summed E-state index contributed by atoms with van der Waals surface area (Å²) in [7, 11) is 1.54. The lowest BCUT2D eigenvalue weighted by molar-refractivity contribution is 0.0661. The molecule has 0 aliphatic carbocycles. The van der Waals surface area contributed by atoms with Crippen molar-refractivity contribution in [2.75, 3.05) is 13.0 Å². The third-order valence-electron chi connectivity index (χ3n) is 2.22. The van der Waals surface area contributed by atoms with Crippen molar-refractivity contribution in [3.05, 3.63) is 29.5 Å². The van der Waals surface area contributed by atoms with Crippen LogP contribution in [0.1, 0.15) is 22.1 Å². The lowest BCUT2D eigenvalue weighted by Crippen LogP contribution is -2.14. The average molecular weight is 284 g/mol. The molecule has 0 aliphatic heterocycles. The molecule has 0 bridgehead atoms. The van der Waals surface area contributed by atoms with Gasteiger partial charge in [0.2, 0.25) is 10.9 Å². The fraction of sp³-hybridized carbons (Fsp3) is 0.300. The van der Waals surface area contributed by atoms with Crippen molar-refractivity contribution in [3.8, 4) is 0 Å². The zero-order valence-corrected chi connectivity index (χ0v) is 10.9. The average Bonchev–Trinajstić information content (AvgIpc) is 2.97. The molecule has 0 atom stereocenters. The van der Waals surface area contributed by atoms with Gasteiger partial charge in [-0.2, -0.15) is 0 Å². The molecular formula is C10H12N4O4S. The van der Waals surface area contributed by atoms with Gasteiger partial charge in [-0.15, -0.1) is 10.2 Å². The van der Waals surface area contributed by atoms with Crippen LogP contribution in [0.5, 0.6) is 0 Å². The van der Waals surface area contributed by atoms with E-state index >= 15 is 0 Å². The highest BCUT2D eigenvalue weighted by Gasteiger charge is 2.13. The topological polar surface area (TPSA) is 116 Å². The second kappa shape index (κ2) is 5.76. The number of nitrogens with two attached hydrogens (primary N) is 1. The van der Waals surface area contributed by atoms with Crippen molar-refractivity contribution in [2.24, 2.45) is 0 Å². The first-order valence-corrected chi connectivity index (χ1v) is 6.23. The minimum atomic E-state index is -1.10. The molecule has 2 heterocycles. The van der Waals surface area contributed by atoms with E-state index in [2.05, 4.69) is 10.2 Å². The zero-order chi connectivity index (χ0) is 13.8. The molecule has 3 N–H and O–H groups in total. The van der Waals surface area contributed by atoms with Gasteiger partial charge in [-0.05, 0) is 12.1 Å². The van der Waals surface area contributed by atoms with Gasteiger partial charge in [0.15, 0.2) is 5.82 Å². The molecule has 2 aromatic rings. The molecule has 0 amide bonds. The van der Waals surface area contributed by atoms with Crippen molar-refractivity contribution in [2.45, 2.75) is 17.5 Å². The van der Waals surface area contributed by atoms with Gasteiger partial charge in [0, 0.05) is 7.11 Å². The van der Waals surface area contributed by atoms with Crippen molar-refractivity contribution < 1.29 is 19.1 Å². The molecule has 0 spiro atoms. The highest BCUT2D eigenvalue weighted by atomic mass is 32.2. The number of ether oxygens (including phenoxy) is 1. The van der Waals surface area contributed by atoms with E-state index < -0.39 is 5.97 Å². The molecule has 2 aromatic heterocycles. The van der Waals surface area contributed by atoms with Crippen molar-refractivity contribution in [3.63, 3.8) is 0 Å². The maximum absolute atomic E-state index is 10.7. The Morgan fingerprint density at radius 2 is 2.37 bits per heavy atom. The molecule has 0 aromatic carbocycles. The van der Waals surface area contributed by atoms with Crippen LogP contribution in [0.4, 0.5) is 0 Å². The standard InChI is InChI=1S/C10H12N4O4S/c1-17-4-8-12-13-10(14(8)11)19-5-6-2-3-7(18-6)9(15)16/h2-3H,4-5,11H2,1H3,(H,15,16). The Hall–Kier alpha value is -2.00. The summed E-state index contributed by atoms with van der Waals surface area (Å²) in [5.41, 5.74) is 0.